The van der Waals surface area contributed by atoms with Gasteiger partial charge in [0.15, 0.2) is 6.10 Å². The van der Waals surface area contributed by atoms with Gasteiger partial charge in [-0.05, 0) is 76.3 Å². The molecule has 2 amide bonds. The highest BCUT2D eigenvalue weighted by Gasteiger charge is 2.61. The lowest BCUT2D eigenvalue weighted by Crippen LogP contribution is -2.65. The predicted molar refractivity (Wildman–Crippen MR) is 134 cm³/mol. The molecule has 2 aromatic rings. The second-order valence-corrected chi connectivity index (χ2v) is 11.2. The first kappa shape index (κ1) is 24.3. The molecule has 0 aliphatic heterocycles. The van der Waals surface area contributed by atoms with E-state index in [1.54, 1.807) is 18.7 Å². The zero-order valence-electron chi connectivity index (χ0n) is 21.3. The number of carbonyl (C=O) groups is 3. The van der Waals surface area contributed by atoms with E-state index in [0.29, 0.717) is 29.6 Å². The molecule has 2 N–H and O–H groups in total. The third-order valence-corrected chi connectivity index (χ3v) is 8.39. The van der Waals surface area contributed by atoms with Crippen LogP contribution in [0.2, 0.25) is 0 Å². The number of hydrogen-bond acceptors (Lipinski definition) is 5. The number of hydrogen-bond donors (Lipinski definition) is 2. The average molecular weight is 495 g/mol. The summed E-state index contributed by atoms with van der Waals surface area (Å²) in [7, 11) is 1.75. The molecular formula is C27H34N4O5. The molecule has 9 heteroatoms. The van der Waals surface area contributed by atoms with Crippen LogP contribution in [0.25, 0.3) is 5.69 Å². The Hall–Kier alpha value is -3.36. The zero-order chi connectivity index (χ0) is 25.8. The average Bonchev–Trinajstić information content (AvgIpc) is 3.00. The van der Waals surface area contributed by atoms with Crippen molar-refractivity contribution in [3.63, 3.8) is 0 Å². The fraction of sp³-hybridized carbons (Fsp3) is 0.556. The standard InChI is InChI=1S/C27H34N4O5/c1-16-22(24(34)31(30(16)4)21-8-6-5-7-9-21)28-23(33)17(2)36-25(35)26-11-19-10-20(12-26)14-27(13-19,15-26)29-18(3)32/h5-9,17,19-20H,10-15H2,1-4H3,(H,28,33)(H,29,32)/t17-,19+,20+,26?,27?/m0/s1. The number of aromatic nitrogens is 2. The van der Waals surface area contributed by atoms with E-state index in [0.717, 1.165) is 32.1 Å². The lowest BCUT2D eigenvalue weighted by atomic mass is 9.47. The number of carbonyl (C=O) groups excluding carboxylic acids is 3. The third kappa shape index (κ3) is 4.04. The quantitative estimate of drug-likeness (QED) is 0.600. The summed E-state index contributed by atoms with van der Waals surface area (Å²) in [5.74, 6) is -0.250. The van der Waals surface area contributed by atoms with Crippen molar-refractivity contribution in [2.45, 2.75) is 70.9 Å². The van der Waals surface area contributed by atoms with Crippen molar-refractivity contribution in [2.24, 2.45) is 24.3 Å². The summed E-state index contributed by atoms with van der Waals surface area (Å²) in [5.41, 5.74) is 0.0468. The van der Waals surface area contributed by atoms with Crippen molar-refractivity contribution in [1.82, 2.24) is 14.7 Å². The van der Waals surface area contributed by atoms with Crippen molar-refractivity contribution >= 4 is 23.5 Å². The summed E-state index contributed by atoms with van der Waals surface area (Å²) in [4.78, 5) is 51.6. The van der Waals surface area contributed by atoms with Crippen LogP contribution < -0.4 is 16.2 Å². The molecular weight excluding hydrogens is 460 g/mol. The van der Waals surface area contributed by atoms with Crippen molar-refractivity contribution < 1.29 is 19.1 Å². The molecule has 3 atom stereocenters. The smallest absolute Gasteiger partial charge is 0.312 e. The van der Waals surface area contributed by atoms with Crippen molar-refractivity contribution in [3.05, 3.63) is 46.4 Å². The Kier molecular flexibility index (Phi) is 5.84. The minimum absolute atomic E-state index is 0.0763. The summed E-state index contributed by atoms with van der Waals surface area (Å²) in [6.45, 7) is 4.81. The number of anilines is 1. The molecule has 0 radical (unpaired) electrons. The van der Waals surface area contributed by atoms with Crippen molar-refractivity contribution in [3.8, 4) is 5.69 Å². The molecule has 0 saturated heterocycles. The van der Waals surface area contributed by atoms with E-state index in [-0.39, 0.29) is 28.7 Å². The first-order valence-electron chi connectivity index (χ1n) is 12.7. The van der Waals surface area contributed by atoms with Crippen LogP contribution in [0, 0.1) is 24.2 Å². The maximum atomic E-state index is 13.5. The summed E-state index contributed by atoms with van der Waals surface area (Å²) in [6.07, 6.45) is 3.83. The number of para-hydroxylation sites is 1. The molecule has 0 spiro atoms. The van der Waals surface area contributed by atoms with Crippen molar-refractivity contribution in [1.29, 1.82) is 0 Å². The Morgan fingerprint density at radius 2 is 1.72 bits per heavy atom. The van der Waals surface area contributed by atoms with Gasteiger partial charge in [-0.2, -0.15) is 0 Å². The van der Waals surface area contributed by atoms with Gasteiger partial charge in [0.25, 0.3) is 11.5 Å². The fourth-order valence-electron chi connectivity index (χ4n) is 7.30. The molecule has 9 nitrogen and oxygen atoms in total. The SMILES string of the molecule is CC(=O)NC12C[C@@H]3C[C@@H](C1)CC(C(=O)O[C@@H](C)C(=O)Nc1c(C)n(C)n(-c4ccccc4)c1=O)(C3)C2. The molecule has 4 saturated carbocycles. The summed E-state index contributed by atoms with van der Waals surface area (Å²) in [5, 5.41) is 5.84. The lowest BCUT2D eigenvalue weighted by Gasteiger charge is -2.60. The Bertz CT molecular complexity index is 1260. The Labute approximate surface area is 210 Å². The van der Waals surface area contributed by atoms with E-state index in [4.69, 9.17) is 4.74 Å². The number of amides is 2. The molecule has 192 valence electrons. The van der Waals surface area contributed by atoms with E-state index >= 15 is 0 Å². The second-order valence-electron chi connectivity index (χ2n) is 11.2. The summed E-state index contributed by atoms with van der Waals surface area (Å²) >= 11 is 0. The maximum absolute atomic E-state index is 13.5. The van der Waals surface area contributed by atoms with E-state index in [9.17, 15) is 19.2 Å². The van der Waals surface area contributed by atoms with Crippen LogP contribution in [0.4, 0.5) is 5.69 Å². The minimum Gasteiger partial charge on any atom is -0.452 e. The van der Waals surface area contributed by atoms with Crippen LogP contribution >= 0.6 is 0 Å². The van der Waals surface area contributed by atoms with Gasteiger partial charge in [-0.1, -0.05) is 18.2 Å². The first-order valence-corrected chi connectivity index (χ1v) is 12.7. The van der Waals surface area contributed by atoms with Crippen molar-refractivity contribution in [2.75, 3.05) is 5.32 Å². The summed E-state index contributed by atoms with van der Waals surface area (Å²) < 4.78 is 8.91. The molecule has 4 bridgehead atoms. The number of rotatable bonds is 6. The Morgan fingerprint density at radius 1 is 1.08 bits per heavy atom. The molecule has 6 rings (SSSR count). The van der Waals surface area contributed by atoms with Gasteiger partial charge in [0.1, 0.15) is 5.69 Å². The normalized spacial score (nSPS) is 29.0. The van der Waals surface area contributed by atoms with Gasteiger partial charge in [0, 0.05) is 19.5 Å². The van der Waals surface area contributed by atoms with Gasteiger partial charge in [-0.25, -0.2) is 4.68 Å². The van der Waals surface area contributed by atoms with E-state index < -0.39 is 17.4 Å². The largest absolute Gasteiger partial charge is 0.452 e. The maximum Gasteiger partial charge on any atom is 0.312 e. The fourth-order valence-corrected chi connectivity index (χ4v) is 7.30. The molecule has 1 heterocycles. The third-order valence-electron chi connectivity index (χ3n) is 8.39. The minimum atomic E-state index is -1.06. The molecule has 4 fully saturated rings. The highest BCUT2D eigenvalue weighted by Crippen LogP contribution is 2.62. The Balaban J connectivity index is 1.31. The Morgan fingerprint density at radius 3 is 2.33 bits per heavy atom. The van der Waals surface area contributed by atoms with Gasteiger partial charge in [-0.15, -0.1) is 0 Å². The van der Waals surface area contributed by atoms with Crippen LogP contribution in [0.3, 0.4) is 0 Å². The number of nitrogens with one attached hydrogen (secondary N) is 2. The van der Waals surface area contributed by atoms with Crippen LogP contribution in [-0.4, -0.2) is 38.8 Å². The molecule has 4 aliphatic carbocycles. The van der Waals surface area contributed by atoms with Crippen LogP contribution in [0.5, 0.6) is 0 Å². The predicted octanol–water partition coefficient (Wildman–Crippen LogP) is 2.83. The zero-order valence-corrected chi connectivity index (χ0v) is 21.3. The molecule has 36 heavy (non-hydrogen) atoms. The monoisotopic (exact) mass is 494 g/mol. The van der Waals surface area contributed by atoms with Crippen LogP contribution in [0.15, 0.2) is 35.1 Å². The number of nitrogens with zero attached hydrogens (tertiary/aromatic N) is 2. The van der Waals surface area contributed by atoms with Gasteiger partial charge in [-0.3, -0.25) is 23.9 Å². The van der Waals surface area contributed by atoms with Crippen LogP contribution in [-0.2, 0) is 26.2 Å². The molecule has 1 aromatic carbocycles. The molecule has 1 aromatic heterocycles. The van der Waals surface area contributed by atoms with E-state index in [1.165, 1.54) is 18.5 Å². The van der Waals surface area contributed by atoms with E-state index in [1.807, 2.05) is 30.3 Å². The van der Waals surface area contributed by atoms with E-state index in [2.05, 4.69) is 10.6 Å². The van der Waals surface area contributed by atoms with Gasteiger partial charge in [0.05, 0.1) is 16.8 Å². The number of esters is 1. The summed E-state index contributed by atoms with van der Waals surface area (Å²) in [6, 6.07) is 9.17. The second kappa shape index (κ2) is 8.64. The topological polar surface area (TPSA) is 111 Å². The molecule has 0 unspecified atom stereocenters. The van der Waals surface area contributed by atoms with Gasteiger partial charge >= 0.3 is 5.97 Å². The highest BCUT2D eigenvalue weighted by molar-refractivity contribution is 5.96. The first-order chi connectivity index (χ1) is 17.0. The lowest BCUT2D eigenvalue weighted by molar-refractivity contribution is -0.181. The number of ether oxygens (including phenoxy) is 1. The highest BCUT2D eigenvalue weighted by atomic mass is 16.5. The molecule has 4 aliphatic rings. The number of benzene rings is 1. The van der Waals surface area contributed by atoms with Gasteiger partial charge in [0.2, 0.25) is 5.91 Å². The van der Waals surface area contributed by atoms with Gasteiger partial charge < -0.3 is 15.4 Å². The van der Waals surface area contributed by atoms with Crippen LogP contribution in [0.1, 0.15) is 58.1 Å².